The molecule has 4 nitrogen and oxygen atoms in total. The fraction of sp³-hybridized carbons (Fsp3) is 0.714. The summed E-state index contributed by atoms with van der Waals surface area (Å²) in [6, 6.07) is 1.99. The van der Waals surface area contributed by atoms with Gasteiger partial charge in [0.2, 0.25) is 0 Å². The molecular weight excluding hydrogens is 258 g/mol. The van der Waals surface area contributed by atoms with Crippen LogP contribution in [0.3, 0.4) is 0 Å². The minimum Gasteiger partial charge on any atom is -0.394 e. The van der Waals surface area contributed by atoms with Gasteiger partial charge in [-0.1, -0.05) is 18.7 Å². The second-order valence-corrected chi connectivity index (χ2v) is 5.99. The van der Waals surface area contributed by atoms with E-state index in [4.69, 9.17) is 0 Å². The fourth-order valence-corrected chi connectivity index (χ4v) is 2.97. The molecule has 0 radical (unpaired) electrons. The number of aromatic nitrogens is 2. The van der Waals surface area contributed by atoms with Crippen molar-refractivity contribution in [1.82, 2.24) is 15.3 Å². The number of aliphatic hydroxyl groups is 1. The third kappa shape index (κ3) is 5.09. The highest BCUT2D eigenvalue weighted by Gasteiger charge is 2.24. The van der Waals surface area contributed by atoms with Crippen LogP contribution in [-0.2, 0) is 0 Å². The molecule has 19 heavy (non-hydrogen) atoms. The van der Waals surface area contributed by atoms with Crippen LogP contribution in [0.2, 0.25) is 0 Å². The largest absolute Gasteiger partial charge is 0.394 e. The molecule has 1 unspecified atom stereocenters. The molecule has 1 atom stereocenters. The summed E-state index contributed by atoms with van der Waals surface area (Å²) in [5.74, 6) is 0.978. The summed E-state index contributed by atoms with van der Waals surface area (Å²) in [5.41, 5.74) is 1.90. The van der Waals surface area contributed by atoms with Crippen molar-refractivity contribution in [2.75, 3.05) is 19.4 Å². The number of hydrogen-bond donors (Lipinski definition) is 2. The number of aryl methyl sites for hydroxylation is 2. The van der Waals surface area contributed by atoms with Crippen molar-refractivity contribution >= 4 is 11.8 Å². The Hall–Kier alpha value is -0.650. The van der Waals surface area contributed by atoms with Gasteiger partial charge in [-0.25, -0.2) is 9.97 Å². The average molecular weight is 283 g/mol. The third-order valence-corrected chi connectivity index (χ3v) is 4.44. The average Bonchev–Trinajstić information content (AvgIpc) is 2.39. The lowest BCUT2D eigenvalue weighted by molar-refractivity contribution is 0.154. The Kier molecular flexibility index (Phi) is 6.75. The Morgan fingerprint density at radius 3 is 2.42 bits per heavy atom. The van der Waals surface area contributed by atoms with Crippen LogP contribution in [0.4, 0.5) is 0 Å². The van der Waals surface area contributed by atoms with Crippen molar-refractivity contribution in [2.24, 2.45) is 0 Å². The highest BCUT2D eigenvalue weighted by Crippen LogP contribution is 2.21. The fourth-order valence-electron chi connectivity index (χ4n) is 2.08. The first-order valence-electron chi connectivity index (χ1n) is 6.80. The van der Waals surface area contributed by atoms with Crippen LogP contribution in [0, 0.1) is 13.8 Å². The highest BCUT2D eigenvalue weighted by atomic mass is 32.2. The Morgan fingerprint density at radius 2 is 1.95 bits per heavy atom. The zero-order valence-corrected chi connectivity index (χ0v) is 13.2. The van der Waals surface area contributed by atoms with E-state index in [2.05, 4.69) is 22.2 Å². The molecule has 0 saturated heterocycles. The van der Waals surface area contributed by atoms with Crippen molar-refractivity contribution in [3.05, 3.63) is 17.5 Å². The van der Waals surface area contributed by atoms with E-state index in [0.29, 0.717) is 0 Å². The van der Waals surface area contributed by atoms with Gasteiger partial charge in [0.1, 0.15) is 0 Å². The number of hydrogen-bond acceptors (Lipinski definition) is 5. The van der Waals surface area contributed by atoms with Crippen LogP contribution in [0.25, 0.3) is 0 Å². The number of aliphatic hydroxyl groups excluding tert-OH is 1. The third-order valence-electron chi connectivity index (χ3n) is 3.50. The molecule has 1 rings (SSSR count). The summed E-state index contributed by atoms with van der Waals surface area (Å²) in [6.45, 7) is 6.28. The lowest BCUT2D eigenvalue weighted by Gasteiger charge is -2.30. The van der Waals surface area contributed by atoms with Gasteiger partial charge >= 0.3 is 0 Å². The maximum absolute atomic E-state index is 9.47. The van der Waals surface area contributed by atoms with E-state index in [-0.39, 0.29) is 12.1 Å². The normalized spacial score (nSPS) is 14.4. The van der Waals surface area contributed by atoms with Gasteiger partial charge in [0.05, 0.1) is 6.61 Å². The Bertz CT molecular complexity index is 366. The van der Waals surface area contributed by atoms with Crippen molar-refractivity contribution in [3.63, 3.8) is 0 Å². The van der Waals surface area contributed by atoms with Crippen molar-refractivity contribution in [3.8, 4) is 0 Å². The first-order valence-corrected chi connectivity index (χ1v) is 7.78. The molecule has 0 bridgehead atoms. The van der Waals surface area contributed by atoms with Crippen LogP contribution in [0.1, 0.15) is 37.6 Å². The van der Waals surface area contributed by atoms with Gasteiger partial charge in [0.25, 0.3) is 0 Å². The first kappa shape index (κ1) is 16.4. The Balaban J connectivity index is 2.42. The summed E-state index contributed by atoms with van der Waals surface area (Å²) < 4.78 is 0. The molecule has 108 valence electrons. The minimum absolute atomic E-state index is 0.135. The summed E-state index contributed by atoms with van der Waals surface area (Å²) >= 11 is 1.69. The lowest BCUT2D eigenvalue weighted by Crippen LogP contribution is -2.45. The molecule has 1 aromatic heterocycles. The van der Waals surface area contributed by atoms with Crippen molar-refractivity contribution in [2.45, 2.75) is 50.7 Å². The van der Waals surface area contributed by atoms with Gasteiger partial charge in [0.15, 0.2) is 5.16 Å². The monoisotopic (exact) mass is 283 g/mol. The van der Waals surface area contributed by atoms with E-state index >= 15 is 0 Å². The van der Waals surface area contributed by atoms with Crippen molar-refractivity contribution < 1.29 is 5.11 Å². The van der Waals surface area contributed by atoms with Crippen molar-refractivity contribution in [1.29, 1.82) is 0 Å². The predicted octanol–water partition coefficient (Wildman–Crippen LogP) is 2.33. The highest BCUT2D eigenvalue weighted by molar-refractivity contribution is 7.99. The summed E-state index contributed by atoms with van der Waals surface area (Å²) in [5, 5.41) is 13.6. The molecule has 0 amide bonds. The molecule has 1 heterocycles. The summed E-state index contributed by atoms with van der Waals surface area (Å²) in [4.78, 5) is 8.83. The molecule has 2 N–H and O–H groups in total. The summed E-state index contributed by atoms with van der Waals surface area (Å²) in [6.07, 6.45) is 2.94. The second kappa shape index (κ2) is 7.82. The number of rotatable bonds is 8. The van der Waals surface area contributed by atoms with E-state index in [1.807, 2.05) is 27.0 Å². The van der Waals surface area contributed by atoms with Crippen LogP contribution in [0.15, 0.2) is 11.2 Å². The van der Waals surface area contributed by atoms with E-state index in [1.54, 1.807) is 11.8 Å². The molecule has 0 spiro atoms. The minimum atomic E-state index is -0.135. The topological polar surface area (TPSA) is 58.0 Å². The van der Waals surface area contributed by atoms with Gasteiger partial charge in [-0.15, -0.1) is 0 Å². The Morgan fingerprint density at radius 1 is 1.32 bits per heavy atom. The van der Waals surface area contributed by atoms with Crippen LogP contribution in [-0.4, -0.2) is 40.0 Å². The molecule has 0 aliphatic rings. The van der Waals surface area contributed by atoms with Gasteiger partial charge in [-0.3, -0.25) is 0 Å². The second-order valence-electron chi connectivity index (χ2n) is 4.93. The van der Waals surface area contributed by atoms with Crippen LogP contribution in [0.5, 0.6) is 0 Å². The molecule has 0 aromatic carbocycles. The van der Waals surface area contributed by atoms with Gasteiger partial charge < -0.3 is 10.4 Å². The van der Waals surface area contributed by atoms with Gasteiger partial charge in [0, 0.05) is 22.7 Å². The quantitative estimate of drug-likeness (QED) is 0.436. The predicted molar refractivity (Wildman–Crippen MR) is 80.6 cm³/mol. The number of nitrogens with one attached hydrogen (secondary N) is 1. The van der Waals surface area contributed by atoms with E-state index in [0.717, 1.165) is 41.6 Å². The number of nitrogens with zero attached hydrogens (tertiary/aromatic N) is 2. The molecular formula is C14H25N3OS. The van der Waals surface area contributed by atoms with E-state index in [9.17, 15) is 5.11 Å². The molecule has 5 heteroatoms. The number of thioether (sulfide) groups is 1. The Labute approximate surface area is 120 Å². The maximum atomic E-state index is 9.47. The zero-order valence-electron chi connectivity index (χ0n) is 12.4. The van der Waals surface area contributed by atoms with Gasteiger partial charge in [-0.2, -0.15) is 0 Å². The molecule has 0 saturated carbocycles. The van der Waals surface area contributed by atoms with Gasteiger partial charge in [-0.05, 0) is 46.2 Å². The van der Waals surface area contributed by atoms with Crippen LogP contribution < -0.4 is 5.32 Å². The van der Waals surface area contributed by atoms with E-state index < -0.39 is 0 Å². The lowest BCUT2D eigenvalue weighted by atomic mass is 9.92. The smallest absolute Gasteiger partial charge is 0.187 e. The summed E-state index contributed by atoms with van der Waals surface area (Å²) in [7, 11) is 1.92. The SMILES string of the molecule is CCC(CO)(CCCSc1nc(C)cc(C)n1)NC. The number of likely N-dealkylation sites (N-methyl/N-ethyl adjacent to an activating group) is 1. The standard InChI is InChI=1S/C14H25N3OS/c1-5-14(10-18,15-4)7-6-8-19-13-16-11(2)9-12(3)17-13/h9,15,18H,5-8,10H2,1-4H3. The maximum Gasteiger partial charge on any atom is 0.187 e. The first-order chi connectivity index (χ1) is 9.05. The molecule has 1 aromatic rings. The molecule has 0 aliphatic heterocycles. The zero-order chi connectivity index (χ0) is 14.3. The van der Waals surface area contributed by atoms with Crippen LogP contribution >= 0.6 is 11.8 Å². The molecule has 0 fully saturated rings. The molecule has 0 aliphatic carbocycles. The van der Waals surface area contributed by atoms with E-state index in [1.165, 1.54) is 0 Å².